The molecule has 0 aliphatic carbocycles. The number of aromatic nitrogens is 1. The third-order valence-corrected chi connectivity index (χ3v) is 3.62. The molecule has 2 rings (SSSR count). The number of aryl methyl sites for hydroxylation is 2. The molecule has 2 amide bonds. The maximum atomic E-state index is 12.5. The van der Waals surface area contributed by atoms with Crippen LogP contribution in [0.5, 0.6) is 5.75 Å². The van der Waals surface area contributed by atoms with Gasteiger partial charge >= 0.3 is 6.03 Å². The summed E-state index contributed by atoms with van der Waals surface area (Å²) in [5.74, 6) is 1.81. The molecule has 0 spiro atoms. The fourth-order valence-electron chi connectivity index (χ4n) is 2.20. The predicted octanol–water partition coefficient (Wildman–Crippen LogP) is 3.99. The van der Waals surface area contributed by atoms with E-state index >= 15 is 0 Å². The second kappa shape index (κ2) is 7.86. The first-order valence-electron chi connectivity index (χ1n) is 8.04. The number of para-hydroxylation sites is 2. The van der Waals surface area contributed by atoms with Crippen molar-refractivity contribution in [1.29, 1.82) is 0 Å². The van der Waals surface area contributed by atoms with E-state index < -0.39 is 0 Å². The molecular weight excluding hydrogens is 306 g/mol. The van der Waals surface area contributed by atoms with Gasteiger partial charge in [0.25, 0.3) is 0 Å². The summed E-state index contributed by atoms with van der Waals surface area (Å²) in [7, 11) is 1.73. The minimum Gasteiger partial charge on any atom is -0.491 e. The Morgan fingerprint density at radius 1 is 1.33 bits per heavy atom. The molecule has 6 heteroatoms. The minimum atomic E-state index is -0.212. The topological polar surface area (TPSA) is 67.6 Å². The first kappa shape index (κ1) is 17.8. The van der Waals surface area contributed by atoms with Crippen molar-refractivity contribution in [3.05, 3.63) is 41.3 Å². The molecule has 0 radical (unpaired) electrons. The number of ether oxygens (including phenoxy) is 1. The van der Waals surface area contributed by atoms with Crippen molar-refractivity contribution in [3.63, 3.8) is 0 Å². The van der Waals surface area contributed by atoms with Crippen LogP contribution < -0.4 is 10.1 Å². The van der Waals surface area contributed by atoms with Gasteiger partial charge in [-0.2, -0.15) is 0 Å². The molecular formula is C18H25N3O3. The molecule has 0 bridgehead atoms. The Morgan fingerprint density at radius 3 is 2.67 bits per heavy atom. The molecule has 2 aromatic rings. The zero-order valence-corrected chi connectivity index (χ0v) is 14.9. The monoisotopic (exact) mass is 331 g/mol. The highest BCUT2D eigenvalue weighted by molar-refractivity contribution is 5.90. The molecule has 0 aliphatic heterocycles. The first-order chi connectivity index (χ1) is 11.4. The van der Waals surface area contributed by atoms with Gasteiger partial charge < -0.3 is 19.5 Å². The summed E-state index contributed by atoms with van der Waals surface area (Å²) in [5, 5.41) is 6.81. The number of anilines is 1. The summed E-state index contributed by atoms with van der Waals surface area (Å²) < 4.78 is 10.9. The van der Waals surface area contributed by atoms with Gasteiger partial charge in [0.15, 0.2) is 0 Å². The Labute approximate surface area is 142 Å². The lowest BCUT2D eigenvalue weighted by Gasteiger charge is -2.19. The second-order valence-corrected chi connectivity index (χ2v) is 6.29. The average molecular weight is 331 g/mol. The third-order valence-electron chi connectivity index (χ3n) is 3.62. The molecule has 130 valence electrons. The SMILES string of the molecule is Cc1noc(C)c1CN(C)C(=O)Nc1ccccc1OCC(C)C. The quantitative estimate of drug-likeness (QED) is 0.869. The van der Waals surface area contributed by atoms with Crippen molar-refractivity contribution in [2.45, 2.75) is 34.2 Å². The number of nitrogens with zero attached hydrogens (tertiary/aromatic N) is 2. The van der Waals surface area contributed by atoms with Crippen LogP contribution in [0, 0.1) is 19.8 Å². The molecule has 1 heterocycles. The second-order valence-electron chi connectivity index (χ2n) is 6.29. The molecule has 0 atom stereocenters. The third kappa shape index (κ3) is 4.50. The Hall–Kier alpha value is -2.50. The largest absolute Gasteiger partial charge is 0.491 e. The normalized spacial score (nSPS) is 10.8. The van der Waals surface area contributed by atoms with E-state index in [9.17, 15) is 4.79 Å². The highest BCUT2D eigenvalue weighted by Crippen LogP contribution is 2.25. The van der Waals surface area contributed by atoms with Crippen LogP contribution in [0.4, 0.5) is 10.5 Å². The van der Waals surface area contributed by atoms with Gasteiger partial charge in [-0.1, -0.05) is 31.1 Å². The van der Waals surface area contributed by atoms with Gasteiger partial charge in [-0.05, 0) is 31.9 Å². The Kier molecular flexibility index (Phi) is 5.84. The number of nitrogens with one attached hydrogen (secondary N) is 1. The lowest BCUT2D eigenvalue weighted by molar-refractivity contribution is 0.220. The summed E-state index contributed by atoms with van der Waals surface area (Å²) in [6.07, 6.45) is 0. The van der Waals surface area contributed by atoms with Gasteiger partial charge in [-0.15, -0.1) is 0 Å². The number of hydrogen-bond acceptors (Lipinski definition) is 4. The molecule has 0 aliphatic rings. The zero-order valence-electron chi connectivity index (χ0n) is 14.9. The Bertz CT molecular complexity index is 675. The molecule has 1 aromatic heterocycles. The van der Waals surface area contributed by atoms with Crippen molar-refractivity contribution in [1.82, 2.24) is 10.1 Å². The van der Waals surface area contributed by atoms with Crippen LogP contribution in [0.25, 0.3) is 0 Å². The average Bonchev–Trinajstić information content (AvgIpc) is 2.85. The van der Waals surface area contributed by atoms with Crippen molar-refractivity contribution in [3.8, 4) is 5.75 Å². The number of hydrogen-bond donors (Lipinski definition) is 1. The van der Waals surface area contributed by atoms with E-state index in [4.69, 9.17) is 9.26 Å². The van der Waals surface area contributed by atoms with Gasteiger partial charge in [0.1, 0.15) is 11.5 Å². The summed E-state index contributed by atoms with van der Waals surface area (Å²) in [5.41, 5.74) is 2.39. The molecule has 0 fully saturated rings. The lowest BCUT2D eigenvalue weighted by Crippen LogP contribution is -2.31. The zero-order chi connectivity index (χ0) is 17.7. The highest BCUT2D eigenvalue weighted by atomic mass is 16.5. The molecule has 6 nitrogen and oxygen atoms in total. The maximum absolute atomic E-state index is 12.5. The smallest absolute Gasteiger partial charge is 0.321 e. The van der Waals surface area contributed by atoms with Crippen LogP contribution in [0.3, 0.4) is 0 Å². The van der Waals surface area contributed by atoms with Crippen molar-refractivity contribution in [2.75, 3.05) is 19.0 Å². The van der Waals surface area contributed by atoms with Crippen molar-refractivity contribution < 1.29 is 14.1 Å². The first-order valence-corrected chi connectivity index (χ1v) is 8.04. The van der Waals surface area contributed by atoms with Gasteiger partial charge in [-0.25, -0.2) is 4.79 Å². The minimum absolute atomic E-state index is 0.212. The van der Waals surface area contributed by atoms with Crippen molar-refractivity contribution in [2.24, 2.45) is 5.92 Å². The van der Waals surface area contributed by atoms with Crippen LogP contribution in [0.1, 0.15) is 30.9 Å². The molecule has 0 saturated heterocycles. The van der Waals surface area contributed by atoms with Gasteiger partial charge in [0.05, 0.1) is 24.5 Å². The van der Waals surface area contributed by atoms with E-state index in [1.54, 1.807) is 11.9 Å². The van der Waals surface area contributed by atoms with Gasteiger partial charge in [0.2, 0.25) is 0 Å². The fraction of sp³-hybridized carbons (Fsp3) is 0.444. The van der Waals surface area contributed by atoms with E-state index in [-0.39, 0.29) is 6.03 Å². The molecule has 24 heavy (non-hydrogen) atoms. The van der Waals surface area contributed by atoms with Crippen LogP contribution in [-0.4, -0.2) is 29.7 Å². The summed E-state index contributed by atoms with van der Waals surface area (Å²) in [4.78, 5) is 14.0. The number of urea groups is 1. The number of amides is 2. The molecule has 0 saturated carbocycles. The summed E-state index contributed by atoms with van der Waals surface area (Å²) in [6.45, 7) is 8.91. The van der Waals surface area contributed by atoms with E-state index in [2.05, 4.69) is 24.3 Å². The number of carbonyl (C=O) groups is 1. The van der Waals surface area contributed by atoms with E-state index in [0.29, 0.717) is 30.5 Å². The van der Waals surface area contributed by atoms with Crippen LogP contribution >= 0.6 is 0 Å². The Balaban J connectivity index is 2.04. The molecule has 1 aromatic carbocycles. The maximum Gasteiger partial charge on any atom is 0.321 e. The standard InChI is InChI=1S/C18H25N3O3/c1-12(2)11-23-17-9-7-6-8-16(17)19-18(22)21(5)10-15-13(3)20-24-14(15)4/h6-9,12H,10-11H2,1-5H3,(H,19,22). The number of carbonyl (C=O) groups excluding carboxylic acids is 1. The highest BCUT2D eigenvalue weighted by Gasteiger charge is 2.16. The fourth-order valence-corrected chi connectivity index (χ4v) is 2.20. The molecule has 0 unspecified atom stereocenters. The van der Waals surface area contributed by atoms with E-state index in [1.807, 2.05) is 38.1 Å². The van der Waals surface area contributed by atoms with Gasteiger partial charge in [0, 0.05) is 12.6 Å². The summed E-state index contributed by atoms with van der Waals surface area (Å²) >= 11 is 0. The lowest BCUT2D eigenvalue weighted by atomic mass is 10.2. The van der Waals surface area contributed by atoms with E-state index in [1.165, 1.54) is 0 Å². The summed E-state index contributed by atoms with van der Waals surface area (Å²) in [6, 6.07) is 7.23. The van der Waals surface area contributed by atoms with Crippen LogP contribution in [0.2, 0.25) is 0 Å². The number of benzene rings is 1. The predicted molar refractivity (Wildman–Crippen MR) is 93.2 cm³/mol. The van der Waals surface area contributed by atoms with Crippen LogP contribution in [0.15, 0.2) is 28.8 Å². The van der Waals surface area contributed by atoms with E-state index in [0.717, 1.165) is 17.0 Å². The Morgan fingerprint density at radius 2 is 2.04 bits per heavy atom. The molecule has 1 N–H and O–H groups in total. The number of rotatable bonds is 6. The van der Waals surface area contributed by atoms with Gasteiger partial charge in [-0.3, -0.25) is 0 Å². The van der Waals surface area contributed by atoms with Crippen LogP contribution in [-0.2, 0) is 6.54 Å². The van der Waals surface area contributed by atoms with Crippen molar-refractivity contribution >= 4 is 11.7 Å².